The lowest BCUT2D eigenvalue weighted by Gasteiger charge is -2.26. The second-order valence-corrected chi connectivity index (χ2v) is 5.95. The number of hydrogen-bond acceptors (Lipinski definition) is 4. The summed E-state index contributed by atoms with van der Waals surface area (Å²) in [5, 5.41) is 12.3. The highest BCUT2D eigenvalue weighted by Gasteiger charge is 2.23. The summed E-state index contributed by atoms with van der Waals surface area (Å²) >= 11 is 0. The Morgan fingerprint density at radius 1 is 1.12 bits per heavy atom. The lowest BCUT2D eigenvalue weighted by atomic mass is 10.0. The maximum absolute atomic E-state index is 12.9. The van der Waals surface area contributed by atoms with E-state index in [0.717, 1.165) is 17.0 Å². The normalized spacial score (nSPS) is 11.3. The van der Waals surface area contributed by atoms with E-state index >= 15 is 0 Å². The molecule has 5 nitrogen and oxygen atoms in total. The van der Waals surface area contributed by atoms with Gasteiger partial charge in [-0.2, -0.15) is 5.26 Å². The van der Waals surface area contributed by atoms with Gasteiger partial charge in [0.15, 0.2) is 0 Å². The van der Waals surface area contributed by atoms with Crippen LogP contribution in [-0.2, 0) is 11.2 Å². The van der Waals surface area contributed by atoms with Gasteiger partial charge in [-0.25, -0.2) is 0 Å². The van der Waals surface area contributed by atoms with Crippen LogP contribution in [-0.4, -0.2) is 37.0 Å². The molecule has 0 fully saturated rings. The minimum Gasteiger partial charge on any atom is -0.497 e. The topological polar surface area (TPSA) is 65.4 Å². The Morgan fingerprint density at radius 2 is 1.73 bits per heavy atom. The minimum absolute atomic E-state index is 0.0650. The first-order chi connectivity index (χ1) is 12.6. The fraction of sp³-hybridized carbons (Fsp3) is 0.333. The number of rotatable bonds is 8. The van der Waals surface area contributed by atoms with Crippen molar-refractivity contribution in [3.05, 3.63) is 59.7 Å². The Hall–Kier alpha value is -3.00. The van der Waals surface area contributed by atoms with Gasteiger partial charge in [0.1, 0.15) is 11.8 Å². The van der Waals surface area contributed by atoms with Crippen LogP contribution in [0.1, 0.15) is 25.0 Å². The lowest BCUT2D eigenvalue weighted by Crippen LogP contribution is -2.44. The summed E-state index contributed by atoms with van der Waals surface area (Å²) in [6.07, 6.45) is 0.549. The fourth-order valence-corrected chi connectivity index (χ4v) is 2.80. The molecular weight excluding hydrogens is 326 g/mol. The third kappa shape index (κ3) is 5.00. The number of benzene rings is 2. The standard InChI is InChI=1S/C21H25N3O2/c1-4-24(5-2)21(25)20(14-16-6-8-17(15-22)9-7-16)23-18-10-12-19(26-3)13-11-18/h6-13,20,23H,4-5,14H2,1-3H3. The van der Waals surface area contributed by atoms with E-state index in [4.69, 9.17) is 10.00 Å². The number of carbonyl (C=O) groups is 1. The Bertz CT molecular complexity index is 744. The van der Waals surface area contributed by atoms with Crippen LogP contribution in [0.3, 0.4) is 0 Å². The van der Waals surface area contributed by atoms with Crippen LogP contribution in [0.4, 0.5) is 5.69 Å². The molecule has 1 unspecified atom stereocenters. The van der Waals surface area contributed by atoms with Crippen LogP contribution >= 0.6 is 0 Å². The van der Waals surface area contributed by atoms with E-state index in [-0.39, 0.29) is 11.9 Å². The molecule has 1 atom stereocenters. The number of amides is 1. The molecule has 0 bridgehead atoms. The van der Waals surface area contributed by atoms with Crippen LogP contribution in [0.25, 0.3) is 0 Å². The predicted octanol–water partition coefficient (Wildman–Crippen LogP) is 3.46. The quantitative estimate of drug-likeness (QED) is 0.791. The van der Waals surface area contributed by atoms with Gasteiger partial charge in [0, 0.05) is 25.2 Å². The first-order valence-corrected chi connectivity index (χ1v) is 8.79. The van der Waals surface area contributed by atoms with Gasteiger partial charge in [0.05, 0.1) is 18.7 Å². The average molecular weight is 351 g/mol. The molecule has 26 heavy (non-hydrogen) atoms. The lowest BCUT2D eigenvalue weighted by molar-refractivity contribution is -0.131. The van der Waals surface area contributed by atoms with E-state index in [9.17, 15) is 4.79 Å². The molecule has 0 saturated carbocycles. The summed E-state index contributed by atoms with van der Waals surface area (Å²) in [6.45, 7) is 5.30. The van der Waals surface area contributed by atoms with Crippen LogP contribution < -0.4 is 10.1 Å². The van der Waals surface area contributed by atoms with Gasteiger partial charge in [-0.05, 0) is 55.8 Å². The summed E-state index contributed by atoms with van der Waals surface area (Å²) in [5.74, 6) is 0.837. The number of nitriles is 1. The van der Waals surface area contributed by atoms with E-state index in [1.165, 1.54) is 0 Å². The van der Waals surface area contributed by atoms with E-state index in [1.807, 2.05) is 55.1 Å². The summed E-state index contributed by atoms with van der Waals surface area (Å²) in [4.78, 5) is 14.8. The predicted molar refractivity (Wildman–Crippen MR) is 103 cm³/mol. The summed E-state index contributed by atoms with van der Waals surface area (Å²) < 4.78 is 5.18. The Morgan fingerprint density at radius 3 is 2.23 bits per heavy atom. The first kappa shape index (κ1) is 19.3. The molecule has 2 aromatic carbocycles. The number of ether oxygens (including phenoxy) is 1. The highest BCUT2D eigenvalue weighted by Crippen LogP contribution is 2.18. The van der Waals surface area contributed by atoms with Crippen molar-refractivity contribution in [2.45, 2.75) is 26.3 Å². The average Bonchev–Trinajstić information content (AvgIpc) is 2.69. The van der Waals surface area contributed by atoms with Gasteiger partial charge in [-0.3, -0.25) is 4.79 Å². The van der Waals surface area contributed by atoms with Gasteiger partial charge in [-0.1, -0.05) is 12.1 Å². The molecule has 5 heteroatoms. The summed E-state index contributed by atoms with van der Waals surface area (Å²) in [6, 6.07) is 16.6. The number of hydrogen-bond donors (Lipinski definition) is 1. The van der Waals surface area contributed by atoms with Crippen molar-refractivity contribution < 1.29 is 9.53 Å². The summed E-state index contributed by atoms with van der Waals surface area (Å²) in [7, 11) is 1.63. The van der Waals surface area contributed by atoms with Gasteiger partial charge >= 0.3 is 0 Å². The van der Waals surface area contributed by atoms with Crippen LogP contribution in [0.2, 0.25) is 0 Å². The van der Waals surface area contributed by atoms with Crippen molar-refractivity contribution in [3.63, 3.8) is 0 Å². The number of methoxy groups -OCH3 is 1. The van der Waals surface area contributed by atoms with Gasteiger partial charge in [0.25, 0.3) is 0 Å². The molecule has 2 rings (SSSR count). The molecule has 136 valence electrons. The van der Waals surface area contributed by atoms with E-state index in [0.29, 0.717) is 25.1 Å². The zero-order chi connectivity index (χ0) is 18.9. The molecule has 0 heterocycles. The smallest absolute Gasteiger partial charge is 0.245 e. The highest BCUT2D eigenvalue weighted by molar-refractivity contribution is 5.85. The van der Waals surface area contributed by atoms with Crippen molar-refractivity contribution in [2.24, 2.45) is 0 Å². The van der Waals surface area contributed by atoms with Crippen LogP contribution in [0.15, 0.2) is 48.5 Å². The zero-order valence-corrected chi connectivity index (χ0v) is 15.5. The van der Waals surface area contributed by atoms with E-state index < -0.39 is 0 Å². The van der Waals surface area contributed by atoms with Crippen molar-refractivity contribution in [1.82, 2.24) is 4.90 Å². The van der Waals surface area contributed by atoms with Crippen molar-refractivity contribution in [1.29, 1.82) is 5.26 Å². The molecule has 0 spiro atoms. The maximum atomic E-state index is 12.9. The molecule has 1 amide bonds. The third-order valence-electron chi connectivity index (χ3n) is 4.33. The largest absolute Gasteiger partial charge is 0.497 e. The molecule has 0 aliphatic carbocycles. The molecular formula is C21H25N3O2. The van der Waals surface area contributed by atoms with Gasteiger partial charge in [0.2, 0.25) is 5.91 Å². The maximum Gasteiger partial charge on any atom is 0.245 e. The van der Waals surface area contributed by atoms with Crippen molar-refractivity contribution >= 4 is 11.6 Å². The molecule has 2 aromatic rings. The molecule has 0 aliphatic heterocycles. The monoisotopic (exact) mass is 351 g/mol. The number of nitrogens with zero attached hydrogens (tertiary/aromatic N) is 2. The van der Waals surface area contributed by atoms with Gasteiger partial charge < -0.3 is 15.0 Å². The minimum atomic E-state index is -0.378. The first-order valence-electron chi connectivity index (χ1n) is 8.79. The number of anilines is 1. The fourth-order valence-electron chi connectivity index (χ4n) is 2.80. The zero-order valence-electron chi connectivity index (χ0n) is 15.5. The second-order valence-electron chi connectivity index (χ2n) is 5.95. The summed E-state index contributed by atoms with van der Waals surface area (Å²) in [5.41, 5.74) is 2.49. The molecule has 0 aliphatic rings. The second kappa shape index (κ2) is 9.47. The van der Waals surface area contributed by atoms with Crippen LogP contribution in [0, 0.1) is 11.3 Å². The Balaban J connectivity index is 2.21. The highest BCUT2D eigenvalue weighted by atomic mass is 16.5. The molecule has 1 N–H and O–H groups in total. The molecule has 0 saturated heterocycles. The van der Waals surface area contributed by atoms with Crippen molar-refractivity contribution in [2.75, 3.05) is 25.5 Å². The number of carbonyl (C=O) groups excluding carboxylic acids is 1. The Kier molecular flexibility index (Phi) is 7.04. The van der Waals surface area contributed by atoms with Gasteiger partial charge in [-0.15, -0.1) is 0 Å². The number of nitrogens with one attached hydrogen (secondary N) is 1. The molecule has 0 aromatic heterocycles. The third-order valence-corrected chi connectivity index (χ3v) is 4.33. The van der Waals surface area contributed by atoms with Crippen LogP contribution in [0.5, 0.6) is 5.75 Å². The van der Waals surface area contributed by atoms with Crippen molar-refractivity contribution in [3.8, 4) is 11.8 Å². The van der Waals surface area contributed by atoms with E-state index in [1.54, 1.807) is 19.2 Å². The molecule has 0 radical (unpaired) electrons. The van der Waals surface area contributed by atoms with E-state index in [2.05, 4.69) is 11.4 Å². The number of likely N-dealkylation sites (N-methyl/N-ethyl adjacent to an activating group) is 1. The SMILES string of the molecule is CCN(CC)C(=O)C(Cc1ccc(C#N)cc1)Nc1ccc(OC)cc1. The Labute approximate surface area is 155 Å².